The third kappa shape index (κ3) is 2.04. The van der Waals surface area contributed by atoms with E-state index in [-0.39, 0.29) is 11.7 Å². The number of ketones is 1. The average Bonchev–Trinajstić information content (AvgIpc) is 2.96. The van der Waals surface area contributed by atoms with Crippen LogP contribution < -0.4 is 0 Å². The predicted octanol–water partition coefficient (Wildman–Crippen LogP) is 3.78. The first kappa shape index (κ1) is 11.0. The summed E-state index contributed by atoms with van der Waals surface area (Å²) in [5, 5.41) is 0.638. The molecule has 0 saturated heterocycles. The number of alkyl halides is 1. The topological polar surface area (TPSA) is 17.1 Å². The van der Waals surface area contributed by atoms with Crippen molar-refractivity contribution in [1.82, 2.24) is 0 Å². The van der Waals surface area contributed by atoms with E-state index in [1.54, 1.807) is 6.07 Å². The molecule has 0 spiro atoms. The third-order valence-corrected chi connectivity index (χ3v) is 3.80. The maximum absolute atomic E-state index is 12.0. The number of carbonyl (C=O) groups is 1. The highest BCUT2D eigenvalue weighted by molar-refractivity contribution is 6.38. The number of hydrogen-bond acceptors (Lipinski definition) is 1. The Kier molecular flexibility index (Phi) is 2.78. The van der Waals surface area contributed by atoms with Crippen molar-refractivity contribution in [2.24, 2.45) is 0 Å². The lowest BCUT2D eigenvalue weighted by atomic mass is 9.94. The number of hydrogen-bond donors (Lipinski definition) is 0. The van der Waals surface area contributed by atoms with Gasteiger partial charge in [-0.25, -0.2) is 0 Å². The van der Waals surface area contributed by atoms with Crippen molar-refractivity contribution < 1.29 is 4.79 Å². The minimum Gasteiger partial charge on any atom is -0.297 e. The average molecular weight is 243 g/mol. The summed E-state index contributed by atoms with van der Waals surface area (Å²) in [5.74, 6) is -0.115. The van der Waals surface area contributed by atoms with Gasteiger partial charge < -0.3 is 0 Å². The Bertz CT molecular complexity index is 396. The first-order chi connectivity index (χ1) is 7.04. The highest BCUT2D eigenvalue weighted by Gasteiger charge is 2.49. The molecule has 1 atom stereocenters. The van der Waals surface area contributed by atoms with Crippen LogP contribution in [0.4, 0.5) is 0 Å². The van der Waals surface area contributed by atoms with Gasteiger partial charge in [-0.2, -0.15) is 0 Å². The predicted molar refractivity (Wildman–Crippen MR) is 62.7 cm³/mol. The summed E-state index contributed by atoms with van der Waals surface area (Å²) < 4.78 is 0. The maximum atomic E-state index is 12.0. The van der Waals surface area contributed by atoms with Crippen molar-refractivity contribution in [2.45, 2.75) is 30.6 Å². The van der Waals surface area contributed by atoms with E-state index in [9.17, 15) is 4.79 Å². The molecule has 0 heterocycles. The quantitative estimate of drug-likeness (QED) is 0.738. The summed E-state index contributed by atoms with van der Waals surface area (Å²) in [6.45, 7) is 1.87. The van der Waals surface area contributed by atoms with Gasteiger partial charge in [0.15, 0.2) is 5.78 Å². The molecular formula is C12H12Cl2O. The van der Waals surface area contributed by atoms with E-state index in [1.165, 1.54) is 0 Å². The van der Waals surface area contributed by atoms with Crippen molar-refractivity contribution >= 4 is 29.0 Å². The van der Waals surface area contributed by atoms with E-state index in [2.05, 4.69) is 0 Å². The number of carbonyl (C=O) groups excluding carboxylic acids is 1. The second-order valence-corrected chi connectivity index (χ2v) is 5.20. The zero-order valence-corrected chi connectivity index (χ0v) is 9.98. The number of Topliss-reactive ketones (excluding diaryl/α,β-unsaturated/α-hetero) is 1. The van der Waals surface area contributed by atoms with Crippen molar-refractivity contribution in [2.75, 3.05) is 0 Å². The van der Waals surface area contributed by atoms with Crippen LogP contribution in [0.25, 0.3) is 0 Å². The van der Waals surface area contributed by atoms with Crippen LogP contribution >= 0.6 is 23.2 Å². The summed E-state index contributed by atoms with van der Waals surface area (Å²) >= 11 is 12.1. The summed E-state index contributed by atoms with van der Waals surface area (Å²) in [5.41, 5.74) is 0.871. The standard InChI is InChI=1S/C12H12Cl2O/c1-8(11(15)12(14)6-7-12)9-4-2-3-5-10(9)13/h2-5,8H,6-7H2,1H3. The van der Waals surface area contributed by atoms with E-state index in [1.807, 2.05) is 25.1 Å². The van der Waals surface area contributed by atoms with Gasteiger partial charge in [-0.05, 0) is 24.5 Å². The van der Waals surface area contributed by atoms with Gasteiger partial charge in [0.1, 0.15) is 4.87 Å². The van der Waals surface area contributed by atoms with E-state index < -0.39 is 4.87 Å². The summed E-state index contributed by atoms with van der Waals surface area (Å²) in [6.07, 6.45) is 1.59. The number of rotatable bonds is 3. The van der Waals surface area contributed by atoms with Crippen LogP contribution in [-0.4, -0.2) is 10.7 Å². The van der Waals surface area contributed by atoms with Crippen molar-refractivity contribution in [3.8, 4) is 0 Å². The second kappa shape index (κ2) is 3.80. The largest absolute Gasteiger partial charge is 0.297 e. The van der Waals surface area contributed by atoms with E-state index in [0.29, 0.717) is 5.02 Å². The van der Waals surface area contributed by atoms with E-state index in [0.717, 1.165) is 18.4 Å². The first-order valence-electron chi connectivity index (χ1n) is 5.02. The molecule has 1 aliphatic rings. The van der Waals surface area contributed by atoms with Crippen LogP contribution in [-0.2, 0) is 4.79 Å². The van der Waals surface area contributed by atoms with Crippen LogP contribution in [0.5, 0.6) is 0 Å². The molecule has 0 aromatic heterocycles. The molecule has 1 unspecified atom stereocenters. The Morgan fingerprint density at radius 1 is 1.40 bits per heavy atom. The Hall–Kier alpha value is -0.530. The minimum atomic E-state index is -0.599. The van der Waals surface area contributed by atoms with Crippen LogP contribution in [0.15, 0.2) is 24.3 Å². The van der Waals surface area contributed by atoms with Crippen LogP contribution in [0.3, 0.4) is 0 Å². The fourth-order valence-corrected chi connectivity index (χ4v) is 2.27. The molecule has 80 valence electrons. The zero-order valence-electron chi connectivity index (χ0n) is 8.47. The zero-order chi connectivity index (χ0) is 11.1. The normalized spacial score (nSPS) is 19.7. The van der Waals surface area contributed by atoms with E-state index in [4.69, 9.17) is 23.2 Å². The SMILES string of the molecule is CC(C(=O)C1(Cl)CC1)c1ccccc1Cl. The molecule has 1 nitrogen and oxygen atoms in total. The van der Waals surface area contributed by atoms with Gasteiger partial charge in [0.05, 0.1) is 0 Å². The number of halogens is 2. The molecule has 1 saturated carbocycles. The molecule has 3 heteroatoms. The van der Waals surface area contributed by atoms with Crippen LogP contribution in [0.2, 0.25) is 5.02 Å². The molecule has 1 aromatic rings. The highest BCUT2D eigenvalue weighted by Crippen LogP contribution is 2.47. The first-order valence-corrected chi connectivity index (χ1v) is 5.78. The van der Waals surface area contributed by atoms with E-state index >= 15 is 0 Å². The smallest absolute Gasteiger partial charge is 0.160 e. The Morgan fingerprint density at radius 2 is 2.00 bits per heavy atom. The number of benzene rings is 1. The van der Waals surface area contributed by atoms with Gasteiger partial charge >= 0.3 is 0 Å². The Labute approximate surface area is 99.4 Å². The lowest BCUT2D eigenvalue weighted by Crippen LogP contribution is -2.22. The molecule has 15 heavy (non-hydrogen) atoms. The molecule has 0 N–H and O–H groups in total. The lowest BCUT2D eigenvalue weighted by molar-refractivity contribution is -0.120. The van der Waals surface area contributed by atoms with Crippen LogP contribution in [0, 0.1) is 0 Å². The van der Waals surface area contributed by atoms with Crippen molar-refractivity contribution in [3.63, 3.8) is 0 Å². The fourth-order valence-electron chi connectivity index (χ4n) is 1.71. The van der Waals surface area contributed by atoms with Crippen LogP contribution in [0.1, 0.15) is 31.2 Å². The maximum Gasteiger partial charge on any atom is 0.160 e. The molecule has 0 amide bonds. The molecule has 1 aliphatic carbocycles. The van der Waals surface area contributed by atoms with Gasteiger partial charge in [0, 0.05) is 10.9 Å². The highest BCUT2D eigenvalue weighted by atomic mass is 35.5. The van der Waals surface area contributed by atoms with Gasteiger partial charge in [0.2, 0.25) is 0 Å². The van der Waals surface area contributed by atoms with Gasteiger partial charge in [-0.3, -0.25) is 4.79 Å². The molecule has 1 aromatic carbocycles. The second-order valence-electron chi connectivity index (χ2n) is 4.07. The van der Waals surface area contributed by atoms with Crippen molar-refractivity contribution in [1.29, 1.82) is 0 Å². The van der Waals surface area contributed by atoms with Gasteiger partial charge in [-0.1, -0.05) is 36.7 Å². The molecule has 1 fully saturated rings. The lowest BCUT2D eigenvalue weighted by Gasteiger charge is -2.15. The molecule has 0 radical (unpaired) electrons. The fraction of sp³-hybridized carbons (Fsp3) is 0.417. The summed E-state index contributed by atoms with van der Waals surface area (Å²) in [4.78, 5) is 11.4. The van der Waals surface area contributed by atoms with Gasteiger partial charge in [-0.15, -0.1) is 11.6 Å². The molecule has 2 rings (SSSR count). The monoisotopic (exact) mass is 242 g/mol. The molecule has 0 aliphatic heterocycles. The summed E-state index contributed by atoms with van der Waals surface area (Å²) in [6, 6.07) is 7.43. The van der Waals surface area contributed by atoms with Gasteiger partial charge in [0.25, 0.3) is 0 Å². The molecular weight excluding hydrogens is 231 g/mol. The minimum absolute atomic E-state index is 0.0947. The Balaban J connectivity index is 2.24. The Morgan fingerprint density at radius 3 is 2.53 bits per heavy atom. The van der Waals surface area contributed by atoms with Crippen molar-refractivity contribution in [3.05, 3.63) is 34.9 Å². The summed E-state index contributed by atoms with van der Waals surface area (Å²) in [7, 11) is 0. The third-order valence-electron chi connectivity index (χ3n) is 2.90. The molecule has 0 bridgehead atoms.